The molecular formula is C11H19BrN4O2S. The lowest BCUT2D eigenvalue weighted by Gasteiger charge is -2.30. The standard InChI is InChI=1S/C11H19BrN4O2S/c1-9(12)11-8-15(14-13-11)6-10-4-3-5-16(7-10)19(2,17)18/h8-10H,3-7H2,1-2H3. The molecule has 19 heavy (non-hydrogen) atoms. The summed E-state index contributed by atoms with van der Waals surface area (Å²) < 4.78 is 26.5. The lowest BCUT2D eigenvalue weighted by atomic mass is 10.00. The third kappa shape index (κ3) is 4.00. The Hall–Kier alpha value is -0.470. The van der Waals surface area contributed by atoms with Crippen molar-refractivity contribution in [3.63, 3.8) is 0 Å². The van der Waals surface area contributed by atoms with E-state index in [0.717, 1.165) is 25.1 Å². The van der Waals surface area contributed by atoms with Crippen molar-refractivity contribution in [2.45, 2.75) is 31.1 Å². The van der Waals surface area contributed by atoms with Crippen LogP contribution in [0.15, 0.2) is 6.20 Å². The summed E-state index contributed by atoms with van der Waals surface area (Å²) in [6.07, 6.45) is 5.13. The van der Waals surface area contributed by atoms with Crippen molar-refractivity contribution >= 4 is 26.0 Å². The van der Waals surface area contributed by atoms with E-state index in [4.69, 9.17) is 0 Å². The van der Waals surface area contributed by atoms with Gasteiger partial charge in [0.1, 0.15) is 0 Å². The van der Waals surface area contributed by atoms with Crippen LogP contribution in [0.25, 0.3) is 0 Å². The van der Waals surface area contributed by atoms with Crippen LogP contribution in [0.5, 0.6) is 0 Å². The number of hydrogen-bond donors (Lipinski definition) is 0. The maximum Gasteiger partial charge on any atom is 0.211 e. The largest absolute Gasteiger partial charge is 0.252 e. The highest BCUT2D eigenvalue weighted by Gasteiger charge is 2.26. The first kappa shape index (κ1) is 14.9. The van der Waals surface area contributed by atoms with Gasteiger partial charge in [0.25, 0.3) is 0 Å². The highest BCUT2D eigenvalue weighted by molar-refractivity contribution is 9.09. The van der Waals surface area contributed by atoms with Crippen LogP contribution in [0.3, 0.4) is 0 Å². The third-order valence-corrected chi connectivity index (χ3v) is 5.10. The number of sulfonamides is 1. The van der Waals surface area contributed by atoms with Crippen LogP contribution in [0.1, 0.15) is 30.3 Å². The third-order valence-electron chi connectivity index (χ3n) is 3.36. The van der Waals surface area contributed by atoms with E-state index in [2.05, 4.69) is 26.2 Å². The second kappa shape index (κ2) is 5.88. The van der Waals surface area contributed by atoms with Gasteiger partial charge >= 0.3 is 0 Å². The molecule has 1 aliphatic heterocycles. The van der Waals surface area contributed by atoms with Crippen LogP contribution >= 0.6 is 15.9 Å². The van der Waals surface area contributed by atoms with Gasteiger partial charge in [0, 0.05) is 25.8 Å². The van der Waals surface area contributed by atoms with Crippen LogP contribution < -0.4 is 0 Å². The van der Waals surface area contributed by atoms with Crippen LogP contribution in [0.4, 0.5) is 0 Å². The van der Waals surface area contributed by atoms with Crippen LogP contribution in [0.2, 0.25) is 0 Å². The van der Waals surface area contributed by atoms with Crippen molar-refractivity contribution in [3.8, 4) is 0 Å². The van der Waals surface area contributed by atoms with Gasteiger partial charge in [-0.2, -0.15) is 0 Å². The van der Waals surface area contributed by atoms with Crippen molar-refractivity contribution in [1.82, 2.24) is 19.3 Å². The number of halogens is 1. The summed E-state index contributed by atoms with van der Waals surface area (Å²) in [6.45, 7) is 3.94. The molecule has 0 spiro atoms. The molecule has 2 rings (SSSR count). The average molecular weight is 351 g/mol. The molecule has 0 aromatic carbocycles. The Bertz CT molecular complexity index is 529. The number of rotatable bonds is 4. The second-order valence-electron chi connectivity index (χ2n) is 5.11. The fourth-order valence-corrected chi connectivity index (χ4v) is 3.48. The molecule has 2 heterocycles. The summed E-state index contributed by atoms with van der Waals surface area (Å²) >= 11 is 3.45. The Kier molecular flexibility index (Phi) is 4.62. The summed E-state index contributed by atoms with van der Waals surface area (Å²) in [5.74, 6) is 0.309. The van der Waals surface area contributed by atoms with Gasteiger partial charge in [-0.25, -0.2) is 12.7 Å². The van der Waals surface area contributed by atoms with Gasteiger partial charge in [0.2, 0.25) is 10.0 Å². The maximum atomic E-state index is 11.6. The Balaban J connectivity index is 1.98. The van der Waals surface area contributed by atoms with E-state index in [1.54, 1.807) is 4.31 Å². The normalized spacial score (nSPS) is 23.4. The quantitative estimate of drug-likeness (QED) is 0.769. The summed E-state index contributed by atoms with van der Waals surface area (Å²) in [7, 11) is -3.08. The van der Waals surface area contributed by atoms with E-state index >= 15 is 0 Å². The minimum Gasteiger partial charge on any atom is -0.252 e. The van der Waals surface area contributed by atoms with E-state index in [9.17, 15) is 8.42 Å². The van der Waals surface area contributed by atoms with Gasteiger partial charge in [-0.15, -0.1) is 5.10 Å². The summed E-state index contributed by atoms with van der Waals surface area (Å²) in [5.41, 5.74) is 0.899. The minimum atomic E-state index is -3.08. The highest BCUT2D eigenvalue weighted by atomic mass is 79.9. The topological polar surface area (TPSA) is 68.1 Å². The fraction of sp³-hybridized carbons (Fsp3) is 0.818. The monoisotopic (exact) mass is 350 g/mol. The zero-order valence-corrected chi connectivity index (χ0v) is 13.6. The molecule has 1 aromatic rings. The van der Waals surface area contributed by atoms with Crippen LogP contribution in [-0.2, 0) is 16.6 Å². The second-order valence-corrected chi connectivity index (χ2v) is 8.47. The first-order valence-electron chi connectivity index (χ1n) is 6.35. The van der Waals surface area contributed by atoms with Crippen LogP contribution in [0, 0.1) is 5.92 Å². The van der Waals surface area contributed by atoms with Crippen molar-refractivity contribution < 1.29 is 8.42 Å². The molecule has 0 amide bonds. The number of aromatic nitrogens is 3. The van der Waals surface area contributed by atoms with Gasteiger partial charge in [-0.1, -0.05) is 21.1 Å². The number of hydrogen-bond acceptors (Lipinski definition) is 4. The van der Waals surface area contributed by atoms with Crippen molar-refractivity contribution in [2.75, 3.05) is 19.3 Å². The lowest BCUT2D eigenvalue weighted by molar-refractivity contribution is 0.239. The molecule has 2 unspecified atom stereocenters. The molecule has 2 atom stereocenters. The Morgan fingerprint density at radius 2 is 2.32 bits per heavy atom. The van der Waals surface area contributed by atoms with Crippen molar-refractivity contribution in [1.29, 1.82) is 0 Å². The fourth-order valence-electron chi connectivity index (χ4n) is 2.33. The van der Waals surface area contributed by atoms with Gasteiger partial charge in [0.05, 0.1) is 16.8 Å². The van der Waals surface area contributed by atoms with E-state index in [1.807, 2.05) is 17.8 Å². The molecule has 6 nitrogen and oxygen atoms in total. The Morgan fingerprint density at radius 1 is 1.58 bits per heavy atom. The zero-order chi connectivity index (χ0) is 14.0. The van der Waals surface area contributed by atoms with E-state index in [0.29, 0.717) is 19.0 Å². The number of alkyl halides is 1. The molecule has 1 saturated heterocycles. The predicted octanol–water partition coefficient (Wildman–Crippen LogP) is 1.41. The summed E-state index contributed by atoms with van der Waals surface area (Å²) in [4.78, 5) is 0.181. The maximum absolute atomic E-state index is 11.6. The first-order valence-corrected chi connectivity index (χ1v) is 9.12. The molecule has 108 valence electrons. The van der Waals surface area contributed by atoms with Crippen molar-refractivity contribution in [3.05, 3.63) is 11.9 Å². The van der Waals surface area contributed by atoms with Crippen LogP contribution in [-0.4, -0.2) is 47.1 Å². The van der Waals surface area contributed by atoms with E-state index < -0.39 is 10.0 Å². The van der Waals surface area contributed by atoms with Gasteiger partial charge < -0.3 is 0 Å². The molecule has 0 saturated carbocycles. The summed E-state index contributed by atoms with van der Waals surface area (Å²) in [6, 6.07) is 0. The van der Waals surface area contributed by atoms with E-state index in [1.165, 1.54) is 6.26 Å². The van der Waals surface area contributed by atoms with Gasteiger partial charge in [-0.3, -0.25) is 4.68 Å². The molecular weight excluding hydrogens is 332 g/mol. The molecule has 1 fully saturated rings. The molecule has 1 aliphatic rings. The zero-order valence-electron chi connectivity index (χ0n) is 11.2. The summed E-state index contributed by atoms with van der Waals surface area (Å²) in [5, 5.41) is 8.17. The Labute approximate surface area is 122 Å². The Morgan fingerprint density at radius 3 is 2.89 bits per heavy atom. The van der Waals surface area contributed by atoms with E-state index in [-0.39, 0.29) is 4.83 Å². The average Bonchev–Trinajstić information content (AvgIpc) is 2.77. The van der Waals surface area contributed by atoms with Crippen molar-refractivity contribution in [2.24, 2.45) is 5.92 Å². The molecule has 0 N–H and O–H groups in total. The lowest BCUT2D eigenvalue weighted by Crippen LogP contribution is -2.40. The first-order chi connectivity index (χ1) is 8.86. The smallest absolute Gasteiger partial charge is 0.211 e. The minimum absolute atomic E-state index is 0.181. The highest BCUT2D eigenvalue weighted by Crippen LogP contribution is 2.22. The molecule has 0 bridgehead atoms. The predicted molar refractivity (Wildman–Crippen MR) is 76.5 cm³/mol. The molecule has 0 aliphatic carbocycles. The molecule has 0 radical (unpaired) electrons. The number of nitrogens with zero attached hydrogens (tertiary/aromatic N) is 4. The molecule has 1 aromatic heterocycles. The van der Waals surface area contributed by atoms with Gasteiger partial charge in [-0.05, 0) is 25.7 Å². The SMILES string of the molecule is CC(Br)c1cn(CC2CCCN(S(C)(=O)=O)C2)nn1. The molecule has 8 heteroatoms. The van der Waals surface area contributed by atoms with Gasteiger partial charge in [0.15, 0.2) is 0 Å². The number of piperidine rings is 1.